The van der Waals surface area contributed by atoms with Crippen molar-refractivity contribution in [2.24, 2.45) is 0 Å². The fourth-order valence-corrected chi connectivity index (χ4v) is 19.4. The van der Waals surface area contributed by atoms with Gasteiger partial charge in [0.15, 0.2) is 126 Å². The molecule has 0 N–H and O–H groups in total. The zero-order valence-electron chi connectivity index (χ0n) is 74.0. The van der Waals surface area contributed by atoms with Crippen LogP contribution in [0.25, 0.3) is 0 Å². The maximum Gasteiger partial charge on any atom is 0.367 e. The molecule has 0 aliphatic rings. The molecule has 21 nitrogen and oxygen atoms in total. The summed E-state index contributed by atoms with van der Waals surface area (Å²) in [6.45, 7) is 15.4. The smallest absolute Gasteiger partial charge is 0.367 e. The van der Waals surface area contributed by atoms with Crippen molar-refractivity contribution in [3.8, 4) is 5.75 Å². The van der Waals surface area contributed by atoms with E-state index < -0.39 is 118 Å². The summed E-state index contributed by atoms with van der Waals surface area (Å²) in [5.74, 6) is -6.27. The molecule has 0 bridgehead atoms. The first-order valence-corrected chi connectivity index (χ1v) is 50.4. The van der Waals surface area contributed by atoms with Crippen molar-refractivity contribution < 1.29 is 134 Å². The fourth-order valence-electron chi connectivity index (χ4n) is 10.2. The highest BCUT2D eigenvalue weighted by atomic mass is 32.2. The number of hydrogen-bond donors (Lipinski definition) is 0. The number of carbonyl (C=O) groups is 4. The van der Waals surface area contributed by atoms with Gasteiger partial charge in [0.05, 0.1) is 43.6 Å². The minimum atomic E-state index is -5.94. The van der Waals surface area contributed by atoms with Gasteiger partial charge in [0.2, 0.25) is 5.83 Å². The number of rotatable bonds is 29. The van der Waals surface area contributed by atoms with Gasteiger partial charge in [0.25, 0.3) is 0 Å². The molecule has 0 aromatic heterocycles. The second-order valence-electron chi connectivity index (χ2n) is 28.7. The molecule has 0 aliphatic carbocycles. The van der Waals surface area contributed by atoms with Crippen molar-refractivity contribution in [1.82, 2.24) is 0 Å². The van der Waals surface area contributed by atoms with Crippen LogP contribution >= 0.6 is 0 Å². The van der Waals surface area contributed by atoms with Gasteiger partial charge in [0.1, 0.15) is 11.4 Å². The van der Waals surface area contributed by atoms with Crippen LogP contribution in [0.3, 0.4) is 0 Å². The van der Waals surface area contributed by atoms with Crippen molar-refractivity contribution in [1.29, 1.82) is 0 Å². The number of hydrogen-bond acceptors (Lipinski definition) is 21. The highest BCUT2D eigenvalue weighted by Gasteiger charge is 2.43. The Hall–Kier alpha value is -12.3. The Bertz CT molecular complexity index is 5840. The molecular weight excluding hydrogens is 1950 g/mol. The molecule has 0 fully saturated rings. The molecule has 0 aliphatic heterocycles. The molecule has 0 saturated heterocycles. The zero-order valence-corrected chi connectivity index (χ0v) is 80.5. The number of alkyl halides is 8. The topological polar surface area (TPSA) is 343 Å². The van der Waals surface area contributed by atoms with E-state index in [1.54, 1.807) is 0 Å². The van der Waals surface area contributed by atoms with Gasteiger partial charge in [-0.1, -0.05) is 226 Å². The van der Waals surface area contributed by atoms with Gasteiger partial charge in [0, 0.05) is 17.7 Å². The minimum Gasteiger partial charge on any atom is -0.743 e. The molecule has 726 valence electrons. The Kier molecular flexibility index (Phi) is 45.9. The predicted octanol–water partition coefficient (Wildman–Crippen LogP) is 21.0. The van der Waals surface area contributed by atoms with Gasteiger partial charge >= 0.3 is 44.9 Å². The maximum atomic E-state index is 12.3. The molecule has 12 aromatic carbocycles. The Balaban J connectivity index is 0.000000279. The van der Waals surface area contributed by atoms with Crippen molar-refractivity contribution in [3.05, 3.63) is 407 Å². The molecular formula is C99H93F9O21S8. The summed E-state index contributed by atoms with van der Waals surface area (Å²) in [7, 11) is -23.5. The van der Waals surface area contributed by atoms with Crippen LogP contribution in [0.4, 0.5) is 39.5 Å². The van der Waals surface area contributed by atoms with Crippen LogP contribution in [0.15, 0.2) is 454 Å². The number of carbonyl (C=O) groups excluding carboxylic acids is 4. The summed E-state index contributed by atoms with van der Waals surface area (Å²) in [4.78, 5) is 57.4. The summed E-state index contributed by atoms with van der Waals surface area (Å²) in [6.07, 6.45) is 1.13. The van der Waals surface area contributed by atoms with Crippen LogP contribution < -0.4 is 4.74 Å². The summed E-state index contributed by atoms with van der Waals surface area (Å²) >= 11 is 0. The van der Waals surface area contributed by atoms with E-state index in [1.165, 1.54) is 76.8 Å². The van der Waals surface area contributed by atoms with Crippen molar-refractivity contribution >= 4 is 108 Å². The Morgan fingerprint density at radius 3 is 0.628 bits per heavy atom. The molecule has 0 spiro atoms. The van der Waals surface area contributed by atoms with Gasteiger partial charge in [-0.3, -0.25) is 0 Å². The lowest BCUT2D eigenvalue weighted by Crippen LogP contribution is -2.34. The summed E-state index contributed by atoms with van der Waals surface area (Å²) in [6, 6.07) is 123. The van der Waals surface area contributed by atoms with E-state index in [-0.39, 0.29) is 54.8 Å². The summed E-state index contributed by atoms with van der Waals surface area (Å²) in [5.41, 5.74) is 2.25. The van der Waals surface area contributed by atoms with Gasteiger partial charge in [-0.05, 0) is 199 Å². The Morgan fingerprint density at radius 1 is 0.299 bits per heavy atom. The maximum absolute atomic E-state index is 12.3. The standard InChI is InChI=1S/C22H23OS.2C19H17S.C18H15S.C6H8F2O5S.C5H5F3O5S.2C5H6F2O5S/c1-22(2,3)23-18-14-16-21(17-15-18)24(19-10-6-4-7-11-19)20-12-8-5-9-13-20;2*1-16-12-14-19(15-13-16)20(17-8-4-2-5-9-17)18-10-6-3-7-11-18;1-4-10-16(11-5-1)19(17-12-6-2-7-13-17)18-14-8-3-9-15-18;1-4(2)5(9)13-3-6(7,8)14(10,11)12;1-3(6)4(9)13-2-5(7,8)14(10,11)12;2*1-2-4(8)12-3-5(6,7)13(9,10)11/h4-17H,1-3H3;2*2-15H,1H3;1-15H;1,3H2,2H3,(H,10,11,12);1-2H2,(H,10,11,12);2*2H,1,3H2,(H,9,10,11)/q4*+1;;;;/p-4. The van der Waals surface area contributed by atoms with Crippen molar-refractivity contribution in [3.63, 3.8) is 0 Å². The highest BCUT2D eigenvalue weighted by molar-refractivity contribution is 7.98. The van der Waals surface area contributed by atoms with E-state index in [4.69, 9.17) is 4.74 Å². The minimum absolute atomic E-state index is 0.0146. The van der Waals surface area contributed by atoms with Gasteiger partial charge in [-0.15, -0.1) is 0 Å². The lowest BCUT2D eigenvalue weighted by atomic mass is 10.2. The molecule has 38 heteroatoms. The molecule has 0 amide bonds. The molecule has 0 atom stereocenters. The van der Waals surface area contributed by atoms with Gasteiger partial charge < -0.3 is 41.9 Å². The first-order valence-electron chi connectivity index (χ1n) is 39.8. The third-order valence-electron chi connectivity index (χ3n) is 16.7. The second kappa shape index (κ2) is 54.6. The quantitative estimate of drug-likeness (QED) is 0.0105. The van der Waals surface area contributed by atoms with Crippen molar-refractivity contribution in [2.75, 3.05) is 26.4 Å². The van der Waals surface area contributed by atoms with Crippen LogP contribution in [0.1, 0.15) is 38.8 Å². The van der Waals surface area contributed by atoms with E-state index in [9.17, 15) is 111 Å². The van der Waals surface area contributed by atoms with Crippen LogP contribution in [0, 0.1) is 13.8 Å². The Labute approximate surface area is 802 Å². The first kappa shape index (κ1) is 115. The van der Waals surface area contributed by atoms with Crippen LogP contribution in [0.2, 0.25) is 0 Å². The molecule has 0 saturated carbocycles. The van der Waals surface area contributed by atoms with Crippen molar-refractivity contribution in [2.45, 2.75) is 127 Å². The Morgan fingerprint density at radius 2 is 0.467 bits per heavy atom. The number of ether oxygens (including phenoxy) is 5. The van der Waals surface area contributed by atoms with Crippen LogP contribution in [-0.2, 0) is 122 Å². The zero-order chi connectivity index (χ0) is 102. The fraction of sp³-hybridized carbons (Fsp3) is 0.152. The molecule has 12 rings (SSSR count). The van der Waals surface area contributed by atoms with Crippen LogP contribution in [0.5, 0.6) is 5.75 Å². The van der Waals surface area contributed by atoms with E-state index in [0.29, 0.717) is 12.2 Å². The SMILES string of the molecule is C=C(C)C(=O)OCC(F)(F)S(=O)(=O)[O-].C=C(F)C(=O)OCC(F)(F)S(=O)(=O)[O-].C=CC(=O)OCC(F)(F)S(=O)(=O)[O-].C=CC(=O)OCC(F)(F)S(=O)(=O)[O-].CC(C)(C)Oc1ccc([S+](c2ccccc2)c2ccccc2)cc1.Cc1ccc([S+](c2ccccc2)c2ccccc2)cc1.Cc1ccc([S+](c2ccccc2)c2ccccc2)cc1.c1ccc([S+](c2ccccc2)c2ccccc2)cc1. The average Bonchev–Trinajstić information content (AvgIpc) is 0.812. The first-order chi connectivity index (χ1) is 64.2. The normalized spacial score (nSPS) is 11.4. The van der Waals surface area contributed by atoms with E-state index in [2.05, 4.69) is 426 Å². The average molecular weight is 2050 g/mol. The molecule has 137 heavy (non-hydrogen) atoms. The van der Waals surface area contributed by atoms with Gasteiger partial charge in [-0.25, -0.2) is 52.8 Å². The van der Waals surface area contributed by atoms with E-state index >= 15 is 0 Å². The molecule has 0 unspecified atom stereocenters. The number of benzene rings is 12. The lowest BCUT2D eigenvalue weighted by Gasteiger charge is -2.21. The number of esters is 4. The number of aryl methyl sites for hydroxylation is 2. The molecule has 0 radical (unpaired) electrons. The third-order valence-corrected chi connectivity index (χ3v) is 29.0. The molecule has 12 aromatic rings. The molecule has 0 heterocycles. The van der Waals surface area contributed by atoms with E-state index in [1.807, 2.05) is 0 Å². The monoisotopic (exact) mass is 2040 g/mol. The lowest BCUT2D eigenvalue weighted by molar-refractivity contribution is -0.147. The third kappa shape index (κ3) is 39.7. The highest BCUT2D eigenvalue weighted by Crippen LogP contribution is 2.37. The van der Waals surface area contributed by atoms with Crippen LogP contribution in [-0.4, -0.2) is 129 Å². The summed E-state index contributed by atoms with van der Waals surface area (Å²) in [5, 5.41) is -18.6. The number of halogens is 9. The van der Waals surface area contributed by atoms with Gasteiger partial charge in [-0.2, -0.15) is 39.5 Å². The van der Waals surface area contributed by atoms with E-state index in [0.717, 1.165) is 5.75 Å². The predicted molar refractivity (Wildman–Crippen MR) is 504 cm³/mol. The largest absolute Gasteiger partial charge is 0.743 e. The second-order valence-corrected chi connectivity index (χ2v) is 42.8. The summed E-state index contributed by atoms with van der Waals surface area (Å²) < 4.78 is 249.